The van der Waals surface area contributed by atoms with Crippen LogP contribution in [0.3, 0.4) is 0 Å². The molecular weight excluding hydrogens is 268 g/mol. The molecule has 0 amide bonds. The molecular formula is C20H34N2. The lowest BCUT2D eigenvalue weighted by molar-refractivity contribution is 0.415. The number of rotatable bonds is 10. The largest absolute Gasteiger partial charge is 0.361 e. The van der Waals surface area contributed by atoms with Crippen LogP contribution in [0.25, 0.3) is 0 Å². The molecule has 2 N–H and O–H groups in total. The number of nitrogens with one attached hydrogen (secondary N) is 2. The van der Waals surface area contributed by atoms with Gasteiger partial charge in [-0.3, -0.25) is 0 Å². The van der Waals surface area contributed by atoms with E-state index in [1.54, 1.807) is 0 Å². The average molecular weight is 303 g/mol. The molecule has 1 heterocycles. The van der Waals surface area contributed by atoms with Gasteiger partial charge >= 0.3 is 0 Å². The molecule has 1 aliphatic rings. The van der Waals surface area contributed by atoms with E-state index in [9.17, 15) is 0 Å². The van der Waals surface area contributed by atoms with E-state index in [0.717, 1.165) is 0 Å². The third-order valence-corrected chi connectivity index (χ3v) is 4.84. The Hall–Kier alpha value is -1.18. The fraction of sp³-hybridized carbons (Fsp3) is 0.700. The molecule has 22 heavy (non-hydrogen) atoms. The molecule has 0 saturated carbocycles. The van der Waals surface area contributed by atoms with Crippen molar-refractivity contribution in [2.45, 2.75) is 90.6 Å². The van der Waals surface area contributed by atoms with E-state index in [1.165, 1.54) is 81.1 Å². The fourth-order valence-electron chi connectivity index (χ4n) is 3.50. The van der Waals surface area contributed by atoms with Crippen LogP contribution >= 0.6 is 0 Å². The average Bonchev–Trinajstić information content (AvgIpc) is 2.86. The molecule has 0 radical (unpaired) electrons. The fourth-order valence-corrected chi connectivity index (χ4v) is 3.50. The Bertz CT molecular complexity index is 441. The van der Waals surface area contributed by atoms with E-state index >= 15 is 0 Å². The summed E-state index contributed by atoms with van der Waals surface area (Å²) in [4.78, 5) is 0. The molecule has 0 spiro atoms. The van der Waals surface area contributed by atoms with Crippen molar-refractivity contribution in [2.75, 3.05) is 10.6 Å². The van der Waals surface area contributed by atoms with E-state index in [-0.39, 0.29) is 5.66 Å². The van der Waals surface area contributed by atoms with Crippen molar-refractivity contribution in [3.05, 3.63) is 23.8 Å². The van der Waals surface area contributed by atoms with Gasteiger partial charge in [0.25, 0.3) is 0 Å². The molecule has 1 aromatic rings. The zero-order valence-corrected chi connectivity index (χ0v) is 14.8. The molecule has 0 fully saturated rings. The summed E-state index contributed by atoms with van der Waals surface area (Å²) in [5, 5.41) is 7.65. The van der Waals surface area contributed by atoms with Crippen LogP contribution in [-0.2, 0) is 0 Å². The summed E-state index contributed by atoms with van der Waals surface area (Å²) >= 11 is 0. The standard InChI is InChI=1S/C20H34N2/c1-4-6-8-10-14-20(15-11-9-7-5-2)21-18-13-12-17(3)16-19(18)22-20/h12-13,16,21-22H,4-11,14-15H2,1-3H3. The number of hydrogen-bond donors (Lipinski definition) is 2. The highest BCUT2D eigenvalue weighted by molar-refractivity contribution is 5.76. The van der Waals surface area contributed by atoms with Crippen LogP contribution < -0.4 is 10.6 Å². The highest BCUT2D eigenvalue weighted by Crippen LogP contribution is 2.39. The lowest BCUT2D eigenvalue weighted by Gasteiger charge is -2.31. The molecule has 0 bridgehead atoms. The van der Waals surface area contributed by atoms with E-state index in [2.05, 4.69) is 49.6 Å². The van der Waals surface area contributed by atoms with Crippen LogP contribution in [0.15, 0.2) is 18.2 Å². The molecule has 0 unspecified atom stereocenters. The van der Waals surface area contributed by atoms with Gasteiger partial charge in [-0.05, 0) is 50.3 Å². The second kappa shape index (κ2) is 8.45. The molecule has 0 aliphatic carbocycles. The van der Waals surface area contributed by atoms with Crippen molar-refractivity contribution in [3.8, 4) is 0 Å². The van der Waals surface area contributed by atoms with Gasteiger partial charge in [0.2, 0.25) is 0 Å². The third-order valence-electron chi connectivity index (χ3n) is 4.84. The zero-order valence-electron chi connectivity index (χ0n) is 14.8. The Morgan fingerprint density at radius 3 is 1.95 bits per heavy atom. The van der Waals surface area contributed by atoms with Gasteiger partial charge in [-0.1, -0.05) is 58.4 Å². The van der Waals surface area contributed by atoms with Gasteiger partial charge in [0.1, 0.15) is 5.66 Å². The maximum atomic E-state index is 3.83. The van der Waals surface area contributed by atoms with Gasteiger partial charge in [0, 0.05) is 0 Å². The third kappa shape index (κ3) is 4.66. The first-order valence-electron chi connectivity index (χ1n) is 9.36. The number of anilines is 2. The lowest BCUT2D eigenvalue weighted by atomic mass is 9.95. The van der Waals surface area contributed by atoms with Gasteiger partial charge < -0.3 is 10.6 Å². The summed E-state index contributed by atoms with van der Waals surface area (Å²) in [5.74, 6) is 0. The van der Waals surface area contributed by atoms with E-state index < -0.39 is 0 Å². The SMILES string of the molecule is CCCCCCC1(CCCCCC)Nc2ccc(C)cc2N1. The highest BCUT2D eigenvalue weighted by atomic mass is 15.3. The van der Waals surface area contributed by atoms with Crippen LogP contribution in [0.4, 0.5) is 11.4 Å². The maximum absolute atomic E-state index is 3.83. The smallest absolute Gasteiger partial charge is 0.108 e. The second-order valence-corrected chi connectivity index (χ2v) is 7.00. The monoisotopic (exact) mass is 302 g/mol. The van der Waals surface area contributed by atoms with Crippen molar-refractivity contribution in [2.24, 2.45) is 0 Å². The molecule has 0 atom stereocenters. The Morgan fingerprint density at radius 1 is 0.773 bits per heavy atom. The Balaban J connectivity index is 1.97. The number of unbranched alkanes of at least 4 members (excludes halogenated alkanes) is 6. The maximum Gasteiger partial charge on any atom is 0.108 e. The van der Waals surface area contributed by atoms with Gasteiger partial charge in [0.15, 0.2) is 0 Å². The van der Waals surface area contributed by atoms with Gasteiger partial charge in [-0.25, -0.2) is 0 Å². The van der Waals surface area contributed by atoms with Crippen molar-refractivity contribution in [1.82, 2.24) is 0 Å². The first-order chi connectivity index (χ1) is 10.7. The number of fused-ring (bicyclic) bond motifs is 1. The number of benzene rings is 1. The molecule has 124 valence electrons. The van der Waals surface area contributed by atoms with Crippen molar-refractivity contribution in [3.63, 3.8) is 0 Å². The number of hydrogen-bond acceptors (Lipinski definition) is 2. The van der Waals surface area contributed by atoms with Crippen LogP contribution in [-0.4, -0.2) is 5.66 Å². The lowest BCUT2D eigenvalue weighted by Crippen LogP contribution is -2.41. The summed E-state index contributed by atoms with van der Waals surface area (Å²) in [5.41, 5.74) is 4.01. The predicted octanol–water partition coefficient (Wildman–Crippen LogP) is 6.47. The number of aryl methyl sites for hydroxylation is 1. The Morgan fingerprint density at radius 2 is 1.36 bits per heavy atom. The highest BCUT2D eigenvalue weighted by Gasteiger charge is 2.34. The van der Waals surface area contributed by atoms with Crippen LogP contribution in [0.2, 0.25) is 0 Å². The van der Waals surface area contributed by atoms with E-state index in [4.69, 9.17) is 0 Å². The van der Waals surface area contributed by atoms with Crippen molar-refractivity contribution in [1.29, 1.82) is 0 Å². The molecule has 1 aliphatic heterocycles. The first-order valence-corrected chi connectivity index (χ1v) is 9.36. The Kier molecular flexibility index (Phi) is 6.60. The van der Waals surface area contributed by atoms with Crippen molar-refractivity contribution < 1.29 is 0 Å². The topological polar surface area (TPSA) is 24.1 Å². The normalized spacial score (nSPS) is 15.2. The predicted molar refractivity (Wildman–Crippen MR) is 98.7 cm³/mol. The van der Waals surface area contributed by atoms with E-state index in [1.807, 2.05) is 0 Å². The summed E-state index contributed by atoms with van der Waals surface area (Å²) in [6, 6.07) is 6.72. The molecule has 0 aromatic heterocycles. The summed E-state index contributed by atoms with van der Waals surface area (Å²) in [6.45, 7) is 6.74. The minimum atomic E-state index is 0.0949. The van der Waals surface area contributed by atoms with E-state index in [0.29, 0.717) is 0 Å². The molecule has 1 aromatic carbocycles. The quantitative estimate of drug-likeness (QED) is 0.484. The van der Waals surface area contributed by atoms with Gasteiger partial charge in [-0.2, -0.15) is 0 Å². The van der Waals surface area contributed by atoms with Gasteiger partial charge in [-0.15, -0.1) is 0 Å². The van der Waals surface area contributed by atoms with Gasteiger partial charge in [0.05, 0.1) is 11.4 Å². The first kappa shape index (κ1) is 17.2. The minimum Gasteiger partial charge on any atom is -0.361 e. The Labute approximate surface area is 137 Å². The minimum absolute atomic E-state index is 0.0949. The molecule has 2 rings (SSSR count). The summed E-state index contributed by atoms with van der Waals surface area (Å²) in [7, 11) is 0. The molecule has 2 heteroatoms. The molecule has 0 saturated heterocycles. The zero-order chi connectivity index (χ0) is 15.8. The van der Waals surface area contributed by atoms with Crippen LogP contribution in [0.1, 0.15) is 83.6 Å². The summed E-state index contributed by atoms with van der Waals surface area (Å²) in [6.07, 6.45) is 13.1. The summed E-state index contributed by atoms with van der Waals surface area (Å²) < 4.78 is 0. The van der Waals surface area contributed by atoms with Crippen LogP contribution in [0, 0.1) is 6.92 Å². The second-order valence-electron chi connectivity index (χ2n) is 7.00. The van der Waals surface area contributed by atoms with Crippen molar-refractivity contribution >= 4 is 11.4 Å². The van der Waals surface area contributed by atoms with Crippen LogP contribution in [0.5, 0.6) is 0 Å². The molecule has 2 nitrogen and oxygen atoms in total.